The molecule has 2 nitrogen and oxygen atoms in total. The Balaban J connectivity index is 2.23. The average molecular weight is 281 g/mol. The summed E-state index contributed by atoms with van der Waals surface area (Å²) in [7, 11) is 2.06. The SMILES string of the molecule is CCOC1(C(NC)c2ccsc2)CCC(C)(C)CC1. The third-order valence-corrected chi connectivity index (χ3v) is 5.27. The number of likely N-dealkylation sites (N-methyl/N-ethyl adjacent to an activating group) is 1. The van der Waals surface area contributed by atoms with E-state index in [0.29, 0.717) is 11.5 Å². The van der Waals surface area contributed by atoms with Crippen molar-refractivity contribution in [1.82, 2.24) is 5.32 Å². The molecule has 19 heavy (non-hydrogen) atoms. The molecule has 1 N–H and O–H groups in total. The van der Waals surface area contributed by atoms with Crippen LogP contribution in [0.15, 0.2) is 16.8 Å². The smallest absolute Gasteiger partial charge is 0.0876 e. The first kappa shape index (κ1) is 15.0. The van der Waals surface area contributed by atoms with Gasteiger partial charge in [0.1, 0.15) is 0 Å². The normalized spacial score (nSPS) is 23.2. The van der Waals surface area contributed by atoms with Crippen molar-refractivity contribution in [3.8, 4) is 0 Å². The molecule has 1 saturated carbocycles. The molecule has 1 aliphatic rings. The molecule has 0 saturated heterocycles. The minimum absolute atomic E-state index is 0.0277. The summed E-state index contributed by atoms with van der Waals surface area (Å²) in [6.07, 6.45) is 4.79. The molecule has 2 rings (SSSR count). The summed E-state index contributed by atoms with van der Waals surface area (Å²) in [5, 5.41) is 7.92. The van der Waals surface area contributed by atoms with E-state index in [9.17, 15) is 0 Å². The van der Waals surface area contributed by atoms with Crippen LogP contribution in [-0.2, 0) is 4.74 Å². The molecule has 1 aromatic rings. The first-order chi connectivity index (χ1) is 9.03. The minimum Gasteiger partial charge on any atom is -0.373 e. The Morgan fingerprint density at radius 3 is 2.47 bits per heavy atom. The fourth-order valence-electron chi connectivity index (χ4n) is 3.33. The summed E-state index contributed by atoms with van der Waals surface area (Å²) in [4.78, 5) is 0. The number of hydrogen-bond acceptors (Lipinski definition) is 3. The molecule has 1 atom stereocenters. The average Bonchev–Trinajstić information content (AvgIpc) is 2.88. The van der Waals surface area contributed by atoms with Gasteiger partial charge in [0.15, 0.2) is 0 Å². The van der Waals surface area contributed by atoms with E-state index >= 15 is 0 Å². The number of hydrogen-bond donors (Lipinski definition) is 1. The van der Waals surface area contributed by atoms with Gasteiger partial charge >= 0.3 is 0 Å². The Hall–Kier alpha value is -0.380. The van der Waals surface area contributed by atoms with Crippen molar-refractivity contribution in [2.75, 3.05) is 13.7 Å². The second kappa shape index (κ2) is 5.94. The maximum absolute atomic E-state index is 6.28. The van der Waals surface area contributed by atoms with Crippen LogP contribution in [0.25, 0.3) is 0 Å². The van der Waals surface area contributed by atoms with Gasteiger partial charge in [-0.1, -0.05) is 13.8 Å². The number of ether oxygens (including phenoxy) is 1. The quantitative estimate of drug-likeness (QED) is 0.864. The van der Waals surface area contributed by atoms with E-state index in [0.717, 1.165) is 19.4 Å². The molecule has 1 heterocycles. The highest BCUT2D eigenvalue weighted by atomic mass is 32.1. The molecule has 1 aliphatic carbocycles. The Labute approximate surface area is 121 Å². The molecular weight excluding hydrogens is 254 g/mol. The first-order valence-electron chi connectivity index (χ1n) is 7.36. The Bertz CT molecular complexity index is 375. The molecule has 0 aromatic carbocycles. The van der Waals surface area contributed by atoms with Crippen LogP contribution in [-0.4, -0.2) is 19.3 Å². The van der Waals surface area contributed by atoms with Crippen molar-refractivity contribution in [3.05, 3.63) is 22.4 Å². The second-order valence-corrected chi connectivity index (χ2v) is 7.22. The maximum Gasteiger partial charge on any atom is 0.0876 e. The van der Waals surface area contributed by atoms with Crippen LogP contribution in [0.4, 0.5) is 0 Å². The lowest BCUT2D eigenvalue weighted by molar-refractivity contribution is -0.106. The second-order valence-electron chi connectivity index (χ2n) is 6.44. The van der Waals surface area contributed by atoms with Gasteiger partial charge in [0.25, 0.3) is 0 Å². The first-order valence-corrected chi connectivity index (χ1v) is 8.31. The van der Waals surface area contributed by atoms with E-state index in [-0.39, 0.29) is 5.60 Å². The third kappa shape index (κ3) is 3.21. The molecule has 0 spiro atoms. The number of rotatable bonds is 5. The van der Waals surface area contributed by atoms with Crippen LogP contribution < -0.4 is 5.32 Å². The number of thiophene rings is 1. The third-order valence-electron chi connectivity index (χ3n) is 4.57. The van der Waals surface area contributed by atoms with Gasteiger partial charge in [-0.3, -0.25) is 0 Å². The van der Waals surface area contributed by atoms with Crippen LogP contribution in [0.2, 0.25) is 0 Å². The lowest BCUT2D eigenvalue weighted by atomic mass is 9.67. The van der Waals surface area contributed by atoms with Crippen LogP contribution in [0.5, 0.6) is 0 Å². The van der Waals surface area contributed by atoms with Gasteiger partial charge in [-0.2, -0.15) is 11.3 Å². The predicted molar refractivity (Wildman–Crippen MR) is 82.7 cm³/mol. The van der Waals surface area contributed by atoms with Gasteiger partial charge in [-0.25, -0.2) is 0 Å². The Kier molecular flexibility index (Phi) is 4.70. The zero-order valence-corrected chi connectivity index (χ0v) is 13.5. The van der Waals surface area contributed by atoms with Crippen LogP contribution in [0.1, 0.15) is 58.1 Å². The van der Waals surface area contributed by atoms with Crippen molar-refractivity contribution < 1.29 is 4.74 Å². The molecule has 0 aliphatic heterocycles. The molecule has 3 heteroatoms. The highest BCUT2D eigenvalue weighted by Gasteiger charge is 2.44. The summed E-state index contributed by atoms with van der Waals surface area (Å²) in [6.45, 7) is 7.66. The zero-order chi connectivity index (χ0) is 13.9. The molecule has 0 radical (unpaired) electrons. The molecular formula is C16H27NOS. The van der Waals surface area contributed by atoms with Crippen LogP contribution in [0, 0.1) is 5.41 Å². The lowest BCUT2D eigenvalue weighted by Gasteiger charge is -2.47. The van der Waals surface area contributed by atoms with Crippen LogP contribution >= 0.6 is 11.3 Å². The molecule has 1 fully saturated rings. The van der Waals surface area contributed by atoms with Crippen molar-refractivity contribution in [2.24, 2.45) is 5.41 Å². The van der Waals surface area contributed by atoms with Crippen LogP contribution in [0.3, 0.4) is 0 Å². The van der Waals surface area contributed by atoms with Gasteiger partial charge < -0.3 is 10.1 Å². The van der Waals surface area contributed by atoms with Crippen molar-refractivity contribution >= 4 is 11.3 Å². The van der Waals surface area contributed by atoms with E-state index in [1.54, 1.807) is 11.3 Å². The van der Waals surface area contributed by atoms with E-state index < -0.39 is 0 Å². The number of nitrogens with one attached hydrogen (secondary N) is 1. The summed E-state index contributed by atoms with van der Waals surface area (Å²) in [6, 6.07) is 2.54. The molecule has 0 amide bonds. The van der Waals surface area contributed by atoms with Gasteiger partial charge in [0, 0.05) is 6.61 Å². The van der Waals surface area contributed by atoms with Gasteiger partial charge in [-0.15, -0.1) is 0 Å². The van der Waals surface area contributed by atoms with Crippen molar-refractivity contribution in [1.29, 1.82) is 0 Å². The summed E-state index contributed by atoms with van der Waals surface area (Å²) in [5.41, 5.74) is 1.81. The fourth-order valence-corrected chi connectivity index (χ4v) is 4.01. The standard InChI is InChI=1S/C16H27NOS/c1-5-18-16(9-7-15(2,3)8-10-16)14(17-4)13-6-11-19-12-13/h6,11-12,14,17H,5,7-10H2,1-4H3. The Morgan fingerprint density at radius 1 is 1.32 bits per heavy atom. The van der Waals surface area contributed by atoms with Gasteiger partial charge in [0.2, 0.25) is 0 Å². The maximum atomic E-state index is 6.28. The lowest BCUT2D eigenvalue weighted by Crippen LogP contribution is -2.48. The largest absolute Gasteiger partial charge is 0.373 e. The highest BCUT2D eigenvalue weighted by Crippen LogP contribution is 2.47. The van der Waals surface area contributed by atoms with E-state index in [1.165, 1.54) is 18.4 Å². The summed E-state index contributed by atoms with van der Waals surface area (Å²) in [5.74, 6) is 0. The zero-order valence-electron chi connectivity index (χ0n) is 12.7. The molecule has 1 unspecified atom stereocenters. The van der Waals surface area contributed by atoms with E-state index in [1.807, 2.05) is 0 Å². The summed E-state index contributed by atoms with van der Waals surface area (Å²) < 4.78 is 6.28. The minimum atomic E-state index is -0.0277. The van der Waals surface area contributed by atoms with Gasteiger partial charge in [-0.05, 0) is 67.5 Å². The molecule has 108 valence electrons. The van der Waals surface area contributed by atoms with E-state index in [2.05, 4.69) is 50.0 Å². The monoisotopic (exact) mass is 281 g/mol. The summed E-state index contributed by atoms with van der Waals surface area (Å²) >= 11 is 1.77. The predicted octanol–water partition coefficient (Wildman–Crippen LogP) is 4.38. The van der Waals surface area contributed by atoms with E-state index in [4.69, 9.17) is 4.74 Å². The topological polar surface area (TPSA) is 21.3 Å². The molecule has 1 aromatic heterocycles. The molecule has 0 bridgehead atoms. The van der Waals surface area contributed by atoms with Gasteiger partial charge in [0.05, 0.1) is 11.6 Å². The fraction of sp³-hybridized carbons (Fsp3) is 0.750. The Morgan fingerprint density at radius 2 is 2.00 bits per heavy atom. The highest BCUT2D eigenvalue weighted by molar-refractivity contribution is 7.07. The van der Waals surface area contributed by atoms with Crippen molar-refractivity contribution in [3.63, 3.8) is 0 Å². The van der Waals surface area contributed by atoms with Crippen molar-refractivity contribution in [2.45, 2.75) is 58.1 Å².